The van der Waals surface area contributed by atoms with Crippen LogP contribution in [0.3, 0.4) is 0 Å². The molecule has 2 atom stereocenters. The summed E-state index contributed by atoms with van der Waals surface area (Å²) < 4.78 is 43.4. The number of aliphatic carboxylic acids is 1. The van der Waals surface area contributed by atoms with Crippen molar-refractivity contribution in [2.75, 3.05) is 10.6 Å². The van der Waals surface area contributed by atoms with E-state index in [1.54, 1.807) is 47.9 Å². The molecule has 2 unspecified atom stereocenters. The molecule has 0 bridgehead atoms. The minimum atomic E-state index is -4.92. The lowest BCUT2D eigenvalue weighted by Gasteiger charge is -2.20. The van der Waals surface area contributed by atoms with Gasteiger partial charge in [0.25, 0.3) is 5.91 Å². The highest BCUT2D eigenvalue weighted by molar-refractivity contribution is 6.02. The summed E-state index contributed by atoms with van der Waals surface area (Å²) >= 11 is 0. The molecular weight excluding hydrogens is 545 g/mol. The molecule has 4 aromatic rings. The molecule has 0 spiro atoms. The second kappa shape index (κ2) is 11.9. The molecule has 214 valence electrons. The van der Waals surface area contributed by atoms with Gasteiger partial charge in [-0.05, 0) is 54.4 Å². The van der Waals surface area contributed by atoms with Gasteiger partial charge in [0.05, 0.1) is 11.3 Å². The largest absolute Gasteiger partial charge is 0.573 e. The first kappa shape index (κ1) is 28.9. The molecule has 0 aliphatic rings. The molecule has 14 heteroatoms. The SMILES string of the molecule is CCC(C)C(NC(=O)c1cccn2c(-c3ccc(NC(=O)Nc4ccccc4OC(F)(F)F)cc3)nnc12)C(=O)O. The molecular formula is C27H25F3N6O5. The van der Waals surface area contributed by atoms with E-state index in [0.29, 0.717) is 23.5 Å². The topological polar surface area (TPSA) is 147 Å². The zero-order valence-corrected chi connectivity index (χ0v) is 21.8. The number of urea groups is 1. The van der Waals surface area contributed by atoms with Gasteiger partial charge in [-0.25, -0.2) is 9.59 Å². The van der Waals surface area contributed by atoms with Gasteiger partial charge in [0.2, 0.25) is 0 Å². The Morgan fingerprint density at radius 3 is 2.37 bits per heavy atom. The Balaban J connectivity index is 1.49. The summed E-state index contributed by atoms with van der Waals surface area (Å²) in [6.07, 6.45) is -2.72. The number of amides is 3. The lowest BCUT2D eigenvalue weighted by Crippen LogP contribution is -2.45. The summed E-state index contributed by atoms with van der Waals surface area (Å²) in [7, 11) is 0. The van der Waals surface area contributed by atoms with Crippen LogP contribution in [0.4, 0.5) is 29.3 Å². The van der Waals surface area contributed by atoms with E-state index in [1.807, 2.05) is 6.92 Å². The van der Waals surface area contributed by atoms with Gasteiger partial charge < -0.3 is 25.8 Å². The van der Waals surface area contributed by atoms with Crippen molar-refractivity contribution < 1.29 is 37.4 Å². The van der Waals surface area contributed by atoms with E-state index < -0.39 is 36.1 Å². The fourth-order valence-corrected chi connectivity index (χ4v) is 3.96. The maximum atomic E-state index is 12.9. The van der Waals surface area contributed by atoms with Crippen LogP contribution in [-0.2, 0) is 4.79 Å². The number of nitrogens with zero attached hydrogens (tertiary/aromatic N) is 3. The lowest BCUT2D eigenvalue weighted by molar-refractivity contribution is -0.274. The molecule has 0 radical (unpaired) electrons. The van der Waals surface area contributed by atoms with Gasteiger partial charge in [-0.1, -0.05) is 32.4 Å². The average Bonchev–Trinajstić information content (AvgIpc) is 3.36. The Kier molecular flexibility index (Phi) is 8.40. The van der Waals surface area contributed by atoms with Crippen molar-refractivity contribution in [2.24, 2.45) is 5.92 Å². The molecule has 4 rings (SSSR count). The first-order valence-electron chi connectivity index (χ1n) is 12.4. The monoisotopic (exact) mass is 570 g/mol. The number of carboxylic acids is 1. The van der Waals surface area contributed by atoms with Crippen LogP contribution in [-0.4, -0.2) is 50.0 Å². The Bertz CT molecular complexity index is 1570. The highest BCUT2D eigenvalue weighted by atomic mass is 19.4. The number of benzene rings is 2. The van der Waals surface area contributed by atoms with Gasteiger partial charge >= 0.3 is 18.4 Å². The first-order valence-corrected chi connectivity index (χ1v) is 12.4. The molecule has 0 aliphatic carbocycles. The predicted octanol–water partition coefficient (Wildman–Crippen LogP) is 5.17. The lowest BCUT2D eigenvalue weighted by atomic mass is 9.99. The van der Waals surface area contributed by atoms with Crippen molar-refractivity contribution in [3.8, 4) is 17.1 Å². The van der Waals surface area contributed by atoms with Gasteiger partial charge in [-0.3, -0.25) is 9.20 Å². The minimum absolute atomic E-state index is 0.144. The highest BCUT2D eigenvalue weighted by Crippen LogP contribution is 2.30. The maximum absolute atomic E-state index is 12.9. The number of halogens is 3. The summed E-state index contributed by atoms with van der Waals surface area (Å²) in [5.41, 5.74) is 1.10. The van der Waals surface area contributed by atoms with Crippen molar-refractivity contribution in [2.45, 2.75) is 32.7 Å². The van der Waals surface area contributed by atoms with E-state index in [0.717, 1.165) is 6.07 Å². The van der Waals surface area contributed by atoms with Crippen molar-refractivity contribution in [1.82, 2.24) is 19.9 Å². The molecule has 2 aromatic heterocycles. The zero-order chi connectivity index (χ0) is 29.7. The molecule has 2 aromatic carbocycles. The number of alkyl halides is 3. The Labute approximate surface area is 231 Å². The third-order valence-corrected chi connectivity index (χ3v) is 6.21. The molecule has 4 N–H and O–H groups in total. The second-order valence-electron chi connectivity index (χ2n) is 9.01. The number of para-hydroxylation sites is 2. The van der Waals surface area contributed by atoms with Crippen LogP contribution in [0.2, 0.25) is 0 Å². The van der Waals surface area contributed by atoms with Crippen LogP contribution in [0.1, 0.15) is 30.6 Å². The summed E-state index contributed by atoms with van der Waals surface area (Å²) in [6.45, 7) is 3.57. The van der Waals surface area contributed by atoms with Gasteiger partial charge in [0.1, 0.15) is 6.04 Å². The Hall–Kier alpha value is -5.14. The molecule has 0 fully saturated rings. The van der Waals surface area contributed by atoms with Gasteiger partial charge in [0.15, 0.2) is 17.2 Å². The van der Waals surface area contributed by atoms with Crippen LogP contribution in [0.25, 0.3) is 17.0 Å². The number of hydrogen-bond acceptors (Lipinski definition) is 6. The number of nitrogens with one attached hydrogen (secondary N) is 3. The van der Waals surface area contributed by atoms with Crippen LogP contribution in [0, 0.1) is 5.92 Å². The van der Waals surface area contributed by atoms with Crippen molar-refractivity contribution in [3.63, 3.8) is 0 Å². The van der Waals surface area contributed by atoms with Crippen molar-refractivity contribution in [3.05, 3.63) is 72.4 Å². The number of fused-ring (bicyclic) bond motifs is 1. The maximum Gasteiger partial charge on any atom is 0.573 e. The molecule has 0 saturated heterocycles. The number of carbonyl (C=O) groups excluding carboxylic acids is 2. The van der Waals surface area contributed by atoms with E-state index in [4.69, 9.17) is 0 Å². The van der Waals surface area contributed by atoms with E-state index in [9.17, 15) is 32.7 Å². The number of aromatic nitrogens is 3. The standard InChI is InChI=1S/C27H25F3N6O5/c1-3-15(2)21(25(38)39)33-24(37)18-7-6-14-36-22(34-35-23(18)36)16-10-12-17(13-11-16)31-26(40)32-19-8-4-5-9-20(19)41-27(28,29)30/h4-15,21H,3H2,1-2H3,(H,33,37)(H,38,39)(H2,31,32,40). The normalized spacial score (nSPS) is 12.8. The Morgan fingerprint density at radius 1 is 1.00 bits per heavy atom. The molecule has 11 nitrogen and oxygen atoms in total. The molecule has 41 heavy (non-hydrogen) atoms. The average molecular weight is 571 g/mol. The quantitative estimate of drug-likeness (QED) is 0.217. The van der Waals surface area contributed by atoms with Crippen LogP contribution >= 0.6 is 0 Å². The minimum Gasteiger partial charge on any atom is -0.480 e. The van der Waals surface area contributed by atoms with Crippen LogP contribution in [0.15, 0.2) is 66.9 Å². The predicted molar refractivity (Wildman–Crippen MR) is 143 cm³/mol. The van der Waals surface area contributed by atoms with Gasteiger partial charge in [-0.15, -0.1) is 23.4 Å². The van der Waals surface area contributed by atoms with Crippen molar-refractivity contribution >= 4 is 34.9 Å². The number of pyridine rings is 1. The fraction of sp³-hybridized carbons (Fsp3) is 0.222. The number of hydrogen-bond donors (Lipinski definition) is 4. The molecule has 0 saturated carbocycles. The third kappa shape index (κ3) is 6.90. The van der Waals surface area contributed by atoms with Gasteiger partial charge in [0, 0.05) is 17.4 Å². The number of ether oxygens (including phenoxy) is 1. The van der Waals surface area contributed by atoms with Crippen molar-refractivity contribution in [1.29, 1.82) is 0 Å². The number of rotatable bonds is 9. The smallest absolute Gasteiger partial charge is 0.480 e. The fourth-order valence-electron chi connectivity index (χ4n) is 3.96. The highest BCUT2D eigenvalue weighted by Gasteiger charge is 2.32. The summed E-state index contributed by atoms with van der Waals surface area (Å²) in [5.74, 6) is -2.21. The van der Waals surface area contributed by atoms with E-state index in [-0.39, 0.29) is 22.8 Å². The zero-order valence-electron chi connectivity index (χ0n) is 21.8. The summed E-state index contributed by atoms with van der Waals surface area (Å²) in [4.78, 5) is 37.0. The van der Waals surface area contributed by atoms with E-state index >= 15 is 0 Å². The van der Waals surface area contributed by atoms with Gasteiger partial charge in [-0.2, -0.15) is 0 Å². The first-order chi connectivity index (χ1) is 19.5. The van der Waals surface area contributed by atoms with E-state index in [1.165, 1.54) is 24.3 Å². The van der Waals surface area contributed by atoms with E-state index in [2.05, 4.69) is 30.9 Å². The third-order valence-electron chi connectivity index (χ3n) is 6.21. The summed E-state index contributed by atoms with van der Waals surface area (Å²) in [6, 6.07) is 12.7. The number of anilines is 2. The second-order valence-corrected chi connectivity index (χ2v) is 9.01. The molecule has 3 amide bonds. The number of carboxylic acid groups (broad SMARTS) is 1. The number of carbonyl (C=O) groups is 3. The summed E-state index contributed by atoms with van der Waals surface area (Å²) in [5, 5.41) is 25.2. The van der Waals surface area contributed by atoms with Crippen LogP contribution < -0.4 is 20.7 Å². The van der Waals surface area contributed by atoms with Crippen LogP contribution in [0.5, 0.6) is 5.75 Å². The molecule has 2 heterocycles. The molecule has 0 aliphatic heterocycles. The Morgan fingerprint density at radius 2 is 1.71 bits per heavy atom.